The maximum Gasteiger partial charge on any atom is 0.211 e. The molecule has 2 nitrogen and oxygen atoms in total. The maximum atomic E-state index is 9.52. The first kappa shape index (κ1) is 6.21. The number of rotatable bonds is 3. The highest BCUT2D eigenvalue weighted by Gasteiger charge is 1.62. The van der Waals surface area contributed by atoms with Crippen LogP contribution in [0.2, 0.25) is 0 Å². The van der Waals surface area contributed by atoms with Crippen LogP contribution in [-0.2, 0) is 4.79 Å². The molecule has 0 rings (SSSR count). The molecular formula is C5H9NO. The Morgan fingerprint density at radius 3 is 2.86 bits per heavy atom. The highest BCUT2D eigenvalue weighted by Crippen LogP contribution is 1.72. The topological polar surface area (TPSA) is 29.1 Å². The lowest BCUT2D eigenvalue weighted by atomic mass is 10.5. The normalized spacial score (nSPS) is 9.29. The van der Waals surface area contributed by atoms with Crippen LogP contribution in [-0.4, -0.2) is 6.41 Å². The van der Waals surface area contributed by atoms with E-state index in [1.807, 2.05) is 13.0 Å². The van der Waals surface area contributed by atoms with Gasteiger partial charge in [-0.25, -0.2) is 0 Å². The molecule has 1 N–H and O–H groups in total. The zero-order valence-electron chi connectivity index (χ0n) is 4.35. The number of hydrogen-bond acceptors (Lipinski definition) is 1. The molecule has 0 unspecified atom stereocenters. The van der Waals surface area contributed by atoms with Crippen LogP contribution in [0.3, 0.4) is 0 Å². The lowest BCUT2D eigenvalue weighted by Gasteiger charge is -1.78. The lowest BCUT2D eigenvalue weighted by molar-refractivity contribution is -0.108. The van der Waals surface area contributed by atoms with Crippen molar-refractivity contribution in [1.82, 2.24) is 5.32 Å². The number of hydrogen-bond donors (Lipinski definition) is 1. The molecule has 0 bridgehead atoms. The van der Waals surface area contributed by atoms with Gasteiger partial charge in [0.2, 0.25) is 6.41 Å². The maximum absolute atomic E-state index is 9.52. The van der Waals surface area contributed by atoms with Gasteiger partial charge in [-0.2, -0.15) is 0 Å². The first-order valence-electron chi connectivity index (χ1n) is 2.26. The summed E-state index contributed by atoms with van der Waals surface area (Å²) < 4.78 is 0. The van der Waals surface area contributed by atoms with Gasteiger partial charge < -0.3 is 5.32 Å². The van der Waals surface area contributed by atoms with E-state index in [1.54, 1.807) is 6.20 Å². The fourth-order valence-corrected chi connectivity index (χ4v) is 0.225. The summed E-state index contributed by atoms with van der Waals surface area (Å²) in [6, 6.07) is 0. The number of nitrogens with one attached hydrogen (secondary N) is 1. The molecule has 0 fully saturated rings. The summed E-state index contributed by atoms with van der Waals surface area (Å²) in [6.45, 7) is 2.00. The zero-order chi connectivity index (χ0) is 5.54. The monoisotopic (exact) mass is 99.1 g/mol. The highest BCUT2D eigenvalue weighted by atomic mass is 16.1. The smallest absolute Gasteiger partial charge is 0.211 e. The quantitative estimate of drug-likeness (QED) is 0.517. The summed E-state index contributed by atoms with van der Waals surface area (Å²) in [4.78, 5) is 9.52. The Kier molecular flexibility index (Phi) is 4.62. The third-order valence-corrected chi connectivity index (χ3v) is 0.518. The van der Waals surface area contributed by atoms with Crippen molar-refractivity contribution in [3.63, 3.8) is 0 Å². The van der Waals surface area contributed by atoms with Crippen LogP contribution in [0.25, 0.3) is 0 Å². The van der Waals surface area contributed by atoms with Crippen molar-refractivity contribution in [1.29, 1.82) is 0 Å². The summed E-state index contributed by atoms with van der Waals surface area (Å²) in [5, 5.41) is 2.39. The van der Waals surface area contributed by atoms with Gasteiger partial charge in [-0.05, 0) is 12.6 Å². The van der Waals surface area contributed by atoms with Gasteiger partial charge in [-0.15, -0.1) is 0 Å². The van der Waals surface area contributed by atoms with E-state index < -0.39 is 0 Å². The molecule has 7 heavy (non-hydrogen) atoms. The van der Waals surface area contributed by atoms with Gasteiger partial charge >= 0.3 is 0 Å². The summed E-state index contributed by atoms with van der Waals surface area (Å²) in [5.41, 5.74) is 0. The third kappa shape index (κ3) is 5.21. The van der Waals surface area contributed by atoms with Crippen LogP contribution < -0.4 is 5.32 Å². The van der Waals surface area contributed by atoms with Crippen molar-refractivity contribution in [2.75, 3.05) is 0 Å². The van der Waals surface area contributed by atoms with Crippen LogP contribution in [0.15, 0.2) is 12.3 Å². The Hall–Kier alpha value is -0.790. The lowest BCUT2D eigenvalue weighted by Crippen LogP contribution is -1.97. The Morgan fingerprint density at radius 2 is 2.43 bits per heavy atom. The summed E-state index contributed by atoms with van der Waals surface area (Å²) in [7, 11) is 0. The number of carbonyl (C=O) groups excluding carboxylic acids is 1. The van der Waals surface area contributed by atoms with Gasteiger partial charge in [0.15, 0.2) is 0 Å². The Morgan fingerprint density at radius 1 is 1.71 bits per heavy atom. The van der Waals surface area contributed by atoms with Crippen molar-refractivity contribution in [3.8, 4) is 0 Å². The van der Waals surface area contributed by atoms with Crippen molar-refractivity contribution in [3.05, 3.63) is 12.3 Å². The molecule has 2 heteroatoms. The van der Waals surface area contributed by atoms with Crippen LogP contribution >= 0.6 is 0 Å². The van der Waals surface area contributed by atoms with Gasteiger partial charge in [0.05, 0.1) is 0 Å². The molecule has 0 aliphatic rings. The highest BCUT2D eigenvalue weighted by molar-refractivity contribution is 5.47. The molecule has 0 heterocycles. The fraction of sp³-hybridized carbons (Fsp3) is 0.400. The van der Waals surface area contributed by atoms with E-state index in [9.17, 15) is 4.79 Å². The fourth-order valence-electron chi connectivity index (χ4n) is 0.225. The molecule has 0 aromatic heterocycles. The second-order valence-electron chi connectivity index (χ2n) is 1.10. The Bertz CT molecular complexity index is 68.5. The van der Waals surface area contributed by atoms with Crippen molar-refractivity contribution >= 4 is 6.41 Å². The zero-order valence-corrected chi connectivity index (χ0v) is 4.35. The van der Waals surface area contributed by atoms with Gasteiger partial charge in [0.25, 0.3) is 0 Å². The molecule has 0 saturated carbocycles. The molecule has 0 radical (unpaired) electrons. The second-order valence-corrected chi connectivity index (χ2v) is 1.10. The van der Waals surface area contributed by atoms with Gasteiger partial charge in [-0.3, -0.25) is 4.79 Å². The average Bonchev–Trinajstić information content (AvgIpc) is 1.69. The van der Waals surface area contributed by atoms with Gasteiger partial charge in [0, 0.05) is 0 Å². The molecule has 40 valence electrons. The van der Waals surface area contributed by atoms with Crippen molar-refractivity contribution < 1.29 is 4.79 Å². The predicted molar refractivity (Wildman–Crippen MR) is 28.6 cm³/mol. The minimum atomic E-state index is 0.645. The minimum absolute atomic E-state index is 0.645. The molecule has 0 aromatic carbocycles. The Balaban J connectivity index is 2.92. The number of amides is 1. The molecular weight excluding hydrogens is 90.1 g/mol. The molecule has 0 aliphatic heterocycles. The first-order valence-corrected chi connectivity index (χ1v) is 2.26. The molecule has 0 spiro atoms. The van der Waals surface area contributed by atoms with Crippen LogP contribution in [0.1, 0.15) is 13.3 Å². The van der Waals surface area contributed by atoms with E-state index in [0.29, 0.717) is 6.41 Å². The third-order valence-electron chi connectivity index (χ3n) is 0.518. The standard InChI is InChI=1S/C5H9NO/c1-2-3-4-6-5-7/h3-5H,2H2,1H3,(H,6,7). The summed E-state index contributed by atoms with van der Waals surface area (Å²) in [5.74, 6) is 0. The largest absolute Gasteiger partial charge is 0.336 e. The van der Waals surface area contributed by atoms with E-state index in [2.05, 4.69) is 5.32 Å². The van der Waals surface area contributed by atoms with Crippen LogP contribution in [0.4, 0.5) is 0 Å². The SMILES string of the molecule is CCC=CNC=O. The summed E-state index contributed by atoms with van der Waals surface area (Å²) >= 11 is 0. The van der Waals surface area contributed by atoms with E-state index in [0.717, 1.165) is 6.42 Å². The average molecular weight is 99.1 g/mol. The van der Waals surface area contributed by atoms with Crippen LogP contribution in [0, 0.1) is 0 Å². The Labute approximate surface area is 43.2 Å². The van der Waals surface area contributed by atoms with Gasteiger partial charge in [-0.1, -0.05) is 13.0 Å². The number of allylic oxidation sites excluding steroid dienone is 1. The summed E-state index contributed by atoms with van der Waals surface area (Å²) in [6.07, 6.45) is 5.09. The molecule has 0 aliphatic carbocycles. The first-order chi connectivity index (χ1) is 3.41. The number of carbonyl (C=O) groups is 1. The van der Waals surface area contributed by atoms with E-state index in [4.69, 9.17) is 0 Å². The predicted octanol–water partition coefficient (Wildman–Crippen LogP) is 0.656. The second kappa shape index (κ2) is 5.21. The van der Waals surface area contributed by atoms with E-state index in [1.165, 1.54) is 0 Å². The van der Waals surface area contributed by atoms with Crippen molar-refractivity contribution in [2.24, 2.45) is 0 Å². The van der Waals surface area contributed by atoms with Crippen LogP contribution in [0.5, 0.6) is 0 Å². The molecule has 1 amide bonds. The minimum Gasteiger partial charge on any atom is -0.336 e. The van der Waals surface area contributed by atoms with E-state index in [-0.39, 0.29) is 0 Å². The molecule has 0 aromatic rings. The van der Waals surface area contributed by atoms with E-state index >= 15 is 0 Å². The van der Waals surface area contributed by atoms with Crippen molar-refractivity contribution in [2.45, 2.75) is 13.3 Å². The van der Waals surface area contributed by atoms with Gasteiger partial charge in [0.1, 0.15) is 0 Å². The molecule has 0 atom stereocenters. The molecule has 0 saturated heterocycles.